The van der Waals surface area contributed by atoms with Crippen molar-refractivity contribution >= 4 is 5.91 Å². The van der Waals surface area contributed by atoms with E-state index in [1.807, 2.05) is 0 Å². The van der Waals surface area contributed by atoms with E-state index in [2.05, 4.69) is 48.3 Å². The smallest absolute Gasteiger partial charge is 0.225 e. The zero-order chi connectivity index (χ0) is 17.1. The fourth-order valence-electron chi connectivity index (χ4n) is 4.60. The molecule has 0 spiro atoms. The minimum absolute atomic E-state index is 0.0266. The van der Waals surface area contributed by atoms with E-state index in [0.717, 1.165) is 26.1 Å². The van der Waals surface area contributed by atoms with Gasteiger partial charge in [-0.05, 0) is 55.3 Å². The zero-order valence-corrected chi connectivity index (χ0v) is 15.0. The molecule has 1 amide bonds. The minimum Gasteiger partial charge on any atom is -0.352 e. The molecule has 0 aromatic heterocycles. The molecule has 4 unspecified atom stereocenters. The fourth-order valence-corrected chi connectivity index (χ4v) is 4.60. The van der Waals surface area contributed by atoms with Gasteiger partial charge in [-0.2, -0.15) is 0 Å². The summed E-state index contributed by atoms with van der Waals surface area (Å²) in [7, 11) is 0. The molecule has 3 rings (SSSR count). The predicted octanol–water partition coefficient (Wildman–Crippen LogP) is 2.52. The quantitative estimate of drug-likeness (QED) is 0.808. The molecule has 2 aliphatic rings. The van der Waals surface area contributed by atoms with Gasteiger partial charge in [0.2, 0.25) is 5.91 Å². The summed E-state index contributed by atoms with van der Waals surface area (Å²) in [4.78, 5) is 15.1. The third-order valence-electron chi connectivity index (χ3n) is 6.14. The molecular formula is C20H31N3O. The largest absolute Gasteiger partial charge is 0.352 e. The first-order valence-corrected chi connectivity index (χ1v) is 9.46. The van der Waals surface area contributed by atoms with Crippen LogP contribution in [0.15, 0.2) is 24.3 Å². The van der Waals surface area contributed by atoms with Gasteiger partial charge in [0.1, 0.15) is 0 Å². The Morgan fingerprint density at radius 1 is 1.17 bits per heavy atom. The third kappa shape index (κ3) is 3.50. The van der Waals surface area contributed by atoms with Gasteiger partial charge < -0.3 is 11.1 Å². The Hall–Kier alpha value is -1.39. The van der Waals surface area contributed by atoms with E-state index >= 15 is 0 Å². The molecule has 0 radical (unpaired) electrons. The van der Waals surface area contributed by atoms with Crippen molar-refractivity contribution in [2.45, 2.75) is 52.2 Å². The van der Waals surface area contributed by atoms with Crippen LogP contribution in [0.4, 0.5) is 0 Å². The van der Waals surface area contributed by atoms with Gasteiger partial charge in [-0.25, -0.2) is 0 Å². The number of fused-ring (bicyclic) bond motifs is 2. The Kier molecular flexibility index (Phi) is 5.57. The Bertz CT molecular complexity index is 568. The lowest BCUT2D eigenvalue weighted by molar-refractivity contribution is -0.127. The summed E-state index contributed by atoms with van der Waals surface area (Å²) in [6.07, 6.45) is 3.54. The molecule has 4 nitrogen and oxygen atoms in total. The number of nitrogens with zero attached hydrogens (tertiary/aromatic N) is 1. The SMILES string of the molecule is CCN(CC)Cc1ccccc1CNC(=O)C1C2CCC(C2)C1N. The molecule has 4 atom stereocenters. The lowest BCUT2D eigenvalue weighted by Crippen LogP contribution is -2.45. The van der Waals surface area contributed by atoms with Crippen molar-refractivity contribution < 1.29 is 4.79 Å². The number of nitrogens with two attached hydrogens (primary N) is 1. The summed E-state index contributed by atoms with van der Waals surface area (Å²) in [5, 5.41) is 3.17. The van der Waals surface area contributed by atoms with Crippen LogP contribution in [0.5, 0.6) is 0 Å². The lowest BCUT2D eigenvalue weighted by atomic mass is 9.84. The van der Waals surface area contributed by atoms with Gasteiger partial charge in [0.05, 0.1) is 5.92 Å². The highest BCUT2D eigenvalue weighted by Crippen LogP contribution is 2.47. The minimum atomic E-state index is 0.0266. The highest BCUT2D eigenvalue weighted by Gasteiger charge is 2.48. The average molecular weight is 329 g/mol. The number of benzene rings is 1. The number of amides is 1. The van der Waals surface area contributed by atoms with E-state index < -0.39 is 0 Å². The predicted molar refractivity (Wildman–Crippen MR) is 97.2 cm³/mol. The van der Waals surface area contributed by atoms with Crippen LogP contribution in [0.1, 0.15) is 44.2 Å². The Morgan fingerprint density at radius 2 is 1.83 bits per heavy atom. The fraction of sp³-hybridized carbons (Fsp3) is 0.650. The summed E-state index contributed by atoms with van der Waals surface area (Å²) in [6, 6.07) is 8.49. The molecule has 1 aromatic carbocycles. The molecule has 1 aromatic rings. The molecule has 2 aliphatic carbocycles. The number of carbonyl (C=O) groups excluding carboxylic acids is 1. The Morgan fingerprint density at radius 3 is 2.46 bits per heavy atom. The normalized spacial score (nSPS) is 28.5. The first-order valence-electron chi connectivity index (χ1n) is 9.46. The van der Waals surface area contributed by atoms with Crippen molar-refractivity contribution in [1.29, 1.82) is 0 Å². The van der Waals surface area contributed by atoms with Crippen LogP contribution >= 0.6 is 0 Å². The first-order chi connectivity index (χ1) is 11.6. The molecule has 0 saturated heterocycles. The maximum Gasteiger partial charge on any atom is 0.225 e. The van der Waals surface area contributed by atoms with Crippen LogP contribution in [0.3, 0.4) is 0 Å². The topological polar surface area (TPSA) is 58.4 Å². The summed E-state index contributed by atoms with van der Waals surface area (Å²) in [5.74, 6) is 1.27. The maximum atomic E-state index is 12.7. The number of hydrogen-bond donors (Lipinski definition) is 2. The van der Waals surface area contributed by atoms with Crippen LogP contribution in [0.2, 0.25) is 0 Å². The molecule has 2 fully saturated rings. The highest BCUT2D eigenvalue weighted by atomic mass is 16.1. The van der Waals surface area contributed by atoms with E-state index in [4.69, 9.17) is 5.73 Å². The second kappa shape index (κ2) is 7.66. The maximum absolute atomic E-state index is 12.7. The molecule has 132 valence electrons. The van der Waals surface area contributed by atoms with Gasteiger partial charge in [0, 0.05) is 19.1 Å². The molecule has 2 bridgehead atoms. The monoisotopic (exact) mass is 329 g/mol. The van der Waals surface area contributed by atoms with E-state index in [1.165, 1.54) is 24.0 Å². The second-order valence-corrected chi connectivity index (χ2v) is 7.38. The van der Waals surface area contributed by atoms with Crippen LogP contribution in [0, 0.1) is 17.8 Å². The van der Waals surface area contributed by atoms with E-state index in [-0.39, 0.29) is 17.9 Å². The molecule has 24 heavy (non-hydrogen) atoms. The summed E-state index contributed by atoms with van der Waals surface area (Å²) in [5.41, 5.74) is 8.82. The zero-order valence-electron chi connectivity index (χ0n) is 15.0. The summed E-state index contributed by atoms with van der Waals surface area (Å²) >= 11 is 0. The highest BCUT2D eigenvalue weighted by molar-refractivity contribution is 5.80. The van der Waals surface area contributed by atoms with Crippen molar-refractivity contribution in [1.82, 2.24) is 10.2 Å². The van der Waals surface area contributed by atoms with Gasteiger partial charge in [-0.1, -0.05) is 38.1 Å². The van der Waals surface area contributed by atoms with Crippen molar-refractivity contribution in [3.05, 3.63) is 35.4 Å². The second-order valence-electron chi connectivity index (χ2n) is 7.38. The molecule has 3 N–H and O–H groups in total. The van der Waals surface area contributed by atoms with Gasteiger partial charge >= 0.3 is 0 Å². The van der Waals surface area contributed by atoms with Crippen LogP contribution in [-0.4, -0.2) is 29.9 Å². The van der Waals surface area contributed by atoms with Crippen LogP contribution in [-0.2, 0) is 17.9 Å². The van der Waals surface area contributed by atoms with E-state index in [0.29, 0.717) is 18.4 Å². The molecule has 0 heterocycles. The van der Waals surface area contributed by atoms with Crippen molar-refractivity contribution in [3.63, 3.8) is 0 Å². The third-order valence-corrected chi connectivity index (χ3v) is 6.14. The Labute approximate surface area is 145 Å². The summed E-state index contributed by atoms with van der Waals surface area (Å²) in [6.45, 7) is 7.99. The number of rotatable bonds is 7. The molecular weight excluding hydrogens is 298 g/mol. The van der Waals surface area contributed by atoms with E-state index in [9.17, 15) is 4.79 Å². The molecule has 0 aliphatic heterocycles. The number of nitrogens with one attached hydrogen (secondary N) is 1. The standard InChI is InChI=1S/C20H31N3O/c1-3-23(4-2)13-17-8-6-5-7-16(17)12-22-20(24)18-14-9-10-15(11-14)19(18)21/h5-8,14-15,18-19H,3-4,9-13,21H2,1-2H3,(H,22,24). The average Bonchev–Trinajstić information content (AvgIpc) is 3.19. The number of hydrogen-bond acceptors (Lipinski definition) is 3. The van der Waals surface area contributed by atoms with Crippen molar-refractivity contribution in [2.24, 2.45) is 23.5 Å². The van der Waals surface area contributed by atoms with Gasteiger partial charge in [0.15, 0.2) is 0 Å². The molecule has 4 heteroatoms. The van der Waals surface area contributed by atoms with Gasteiger partial charge in [0.25, 0.3) is 0 Å². The first kappa shape index (κ1) is 17.4. The van der Waals surface area contributed by atoms with Crippen molar-refractivity contribution in [3.8, 4) is 0 Å². The lowest BCUT2D eigenvalue weighted by Gasteiger charge is -2.27. The molecule has 2 saturated carbocycles. The van der Waals surface area contributed by atoms with Gasteiger partial charge in [-0.15, -0.1) is 0 Å². The van der Waals surface area contributed by atoms with E-state index in [1.54, 1.807) is 0 Å². The van der Waals surface area contributed by atoms with Crippen LogP contribution < -0.4 is 11.1 Å². The number of carbonyl (C=O) groups is 1. The van der Waals surface area contributed by atoms with Crippen molar-refractivity contribution in [2.75, 3.05) is 13.1 Å². The summed E-state index contributed by atoms with van der Waals surface area (Å²) < 4.78 is 0. The van der Waals surface area contributed by atoms with Gasteiger partial charge in [-0.3, -0.25) is 9.69 Å². The Balaban J connectivity index is 1.61. The van der Waals surface area contributed by atoms with Crippen LogP contribution in [0.25, 0.3) is 0 Å².